The summed E-state index contributed by atoms with van der Waals surface area (Å²) >= 11 is 0. The molecule has 0 fully saturated rings. The Bertz CT molecular complexity index is 440. The highest BCUT2D eigenvalue weighted by atomic mass is 16.4. The first-order valence-corrected chi connectivity index (χ1v) is 8.65. The van der Waals surface area contributed by atoms with Crippen LogP contribution in [0.2, 0.25) is 0 Å². The van der Waals surface area contributed by atoms with E-state index < -0.39 is 30.0 Å². The summed E-state index contributed by atoms with van der Waals surface area (Å²) in [7, 11) is 0. The second kappa shape index (κ2) is 10.3. The SMILES string of the molecule is CC[C@H](C)[C@H](N)C(=O)N[C@H](C(=O)N[C@H](C(=O)O)C(C)C)[C@@H](C)CC. The Morgan fingerprint density at radius 1 is 0.875 bits per heavy atom. The Kier molecular flexibility index (Phi) is 9.58. The van der Waals surface area contributed by atoms with Crippen molar-refractivity contribution in [3.8, 4) is 0 Å². The molecule has 0 aliphatic rings. The summed E-state index contributed by atoms with van der Waals surface area (Å²) in [6, 6.07) is -2.50. The van der Waals surface area contributed by atoms with Crippen LogP contribution in [-0.4, -0.2) is 41.0 Å². The van der Waals surface area contributed by atoms with E-state index in [0.29, 0.717) is 6.42 Å². The number of carbonyl (C=O) groups is 3. The van der Waals surface area contributed by atoms with Gasteiger partial charge in [0.15, 0.2) is 0 Å². The minimum absolute atomic E-state index is 0.00641. The normalized spacial score (nSPS) is 17.5. The van der Waals surface area contributed by atoms with Crippen LogP contribution in [0.3, 0.4) is 0 Å². The second-order valence-electron chi connectivity index (χ2n) is 6.85. The first-order chi connectivity index (χ1) is 11.1. The van der Waals surface area contributed by atoms with E-state index in [9.17, 15) is 19.5 Å². The van der Waals surface area contributed by atoms with Gasteiger partial charge in [0.2, 0.25) is 11.8 Å². The van der Waals surface area contributed by atoms with E-state index in [1.165, 1.54) is 0 Å². The van der Waals surface area contributed by atoms with Crippen LogP contribution < -0.4 is 16.4 Å². The fraction of sp³-hybridized carbons (Fsp3) is 0.824. The van der Waals surface area contributed by atoms with Crippen LogP contribution >= 0.6 is 0 Å². The van der Waals surface area contributed by atoms with E-state index in [1.807, 2.05) is 27.7 Å². The van der Waals surface area contributed by atoms with Gasteiger partial charge in [-0.1, -0.05) is 54.4 Å². The lowest BCUT2D eigenvalue weighted by Crippen LogP contribution is -2.58. The number of amides is 2. The zero-order valence-electron chi connectivity index (χ0n) is 15.6. The predicted octanol–water partition coefficient (Wildman–Crippen LogP) is 1.12. The Labute approximate surface area is 144 Å². The quantitative estimate of drug-likeness (QED) is 0.473. The molecular formula is C17H33N3O4. The van der Waals surface area contributed by atoms with Crippen LogP contribution in [0.15, 0.2) is 0 Å². The standard InChI is InChI=1S/C17H33N3O4/c1-7-10(5)12(18)15(21)20-14(11(6)8-2)16(22)19-13(9(3)4)17(23)24/h9-14H,7-8,18H2,1-6H3,(H,19,22)(H,20,21)(H,23,24)/t10-,11-,12-,13-,14-/m0/s1. The van der Waals surface area contributed by atoms with Gasteiger partial charge in [0, 0.05) is 0 Å². The third-order valence-corrected chi connectivity index (χ3v) is 4.58. The molecule has 0 unspecified atom stereocenters. The Balaban J connectivity index is 5.16. The highest BCUT2D eigenvalue weighted by molar-refractivity contribution is 5.92. The third-order valence-electron chi connectivity index (χ3n) is 4.58. The Hall–Kier alpha value is -1.63. The lowest BCUT2D eigenvalue weighted by molar-refractivity contribution is -0.143. The Morgan fingerprint density at radius 2 is 1.33 bits per heavy atom. The average Bonchev–Trinajstić information content (AvgIpc) is 2.53. The number of hydrogen-bond donors (Lipinski definition) is 4. The lowest BCUT2D eigenvalue weighted by atomic mass is 9.94. The summed E-state index contributed by atoms with van der Waals surface area (Å²) in [5.41, 5.74) is 5.92. The summed E-state index contributed by atoms with van der Waals surface area (Å²) in [6.07, 6.45) is 1.42. The van der Waals surface area contributed by atoms with Gasteiger partial charge >= 0.3 is 5.97 Å². The van der Waals surface area contributed by atoms with Crippen LogP contribution in [0, 0.1) is 17.8 Å². The smallest absolute Gasteiger partial charge is 0.326 e. The summed E-state index contributed by atoms with van der Waals surface area (Å²) in [6.45, 7) is 11.0. The van der Waals surface area contributed by atoms with Gasteiger partial charge in [0.25, 0.3) is 0 Å². The monoisotopic (exact) mass is 343 g/mol. The fourth-order valence-corrected chi connectivity index (χ4v) is 2.22. The summed E-state index contributed by atoms with van der Waals surface area (Å²) in [4.78, 5) is 36.1. The number of hydrogen-bond acceptors (Lipinski definition) is 4. The van der Waals surface area contributed by atoms with Crippen LogP contribution in [-0.2, 0) is 14.4 Å². The van der Waals surface area contributed by atoms with Gasteiger partial charge < -0.3 is 21.5 Å². The second-order valence-corrected chi connectivity index (χ2v) is 6.85. The molecule has 2 amide bonds. The first-order valence-electron chi connectivity index (χ1n) is 8.65. The molecule has 7 heteroatoms. The number of carboxylic acids is 1. The molecule has 140 valence electrons. The molecule has 0 rings (SSSR count). The van der Waals surface area contributed by atoms with Gasteiger partial charge in [-0.05, 0) is 17.8 Å². The maximum Gasteiger partial charge on any atom is 0.326 e. The van der Waals surface area contributed by atoms with Gasteiger partial charge in [-0.15, -0.1) is 0 Å². The molecule has 0 bridgehead atoms. The summed E-state index contributed by atoms with van der Waals surface area (Å²) < 4.78 is 0. The van der Waals surface area contributed by atoms with Gasteiger partial charge in [0.05, 0.1) is 6.04 Å². The summed E-state index contributed by atoms with van der Waals surface area (Å²) in [5.74, 6) is -2.38. The molecule has 5 N–H and O–H groups in total. The van der Waals surface area contributed by atoms with Crippen molar-refractivity contribution in [2.24, 2.45) is 23.5 Å². The molecule has 0 heterocycles. The molecule has 0 aliphatic heterocycles. The molecule has 0 aromatic heterocycles. The van der Waals surface area contributed by atoms with Crippen molar-refractivity contribution < 1.29 is 19.5 Å². The molecule has 24 heavy (non-hydrogen) atoms. The minimum Gasteiger partial charge on any atom is -0.480 e. The lowest BCUT2D eigenvalue weighted by Gasteiger charge is -2.28. The molecule has 0 aromatic rings. The molecule has 0 spiro atoms. The molecule has 5 atom stereocenters. The van der Waals surface area contributed by atoms with Gasteiger partial charge in [-0.2, -0.15) is 0 Å². The fourth-order valence-electron chi connectivity index (χ4n) is 2.22. The van der Waals surface area contributed by atoms with Crippen molar-refractivity contribution in [1.82, 2.24) is 10.6 Å². The topological polar surface area (TPSA) is 122 Å². The van der Waals surface area contributed by atoms with Crippen LogP contribution in [0.5, 0.6) is 0 Å². The number of carbonyl (C=O) groups excluding carboxylic acids is 2. The van der Waals surface area contributed by atoms with Crippen LogP contribution in [0.1, 0.15) is 54.4 Å². The zero-order chi connectivity index (χ0) is 19.0. The molecule has 7 nitrogen and oxygen atoms in total. The van der Waals surface area contributed by atoms with Crippen LogP contribution in [0.4, 0.5) is 0 Å². The van der Waals surface area contributed by atoms with Crippen LogP contribution in [0.25, 0.3) is 0 Å². The van der Waals surface area contributed by atoms with E-state index in [0.717, 1.165) is 6.42 Å². The van der Waals surface area contributed by atoms with E-state index in [2.05, 4.69) is 10.6 Å². The number of carboxylic acid groups (broad SMARTS) is 1. The van der Waals surface area contributed by atoms with Crippen molar-refractivity contribution in [3.05, 3.63) is 0 Å². The van der Waals surface area contributed by atoms with E-state index in [4.69, 9.17) is 5.73 Å². The largest absolute Gasteiger partial charge is 0.480 e. The van der Waals surface area contributed by atoms with Gasteiger partial charge in [0.1, 0.15) is 12.1 Å². The van der Waals surface area contributed by atoms with Gasteiger partial charge in [-0.3, -0.25) is 9.59 Å². The van der Waals surface area contributed by atoms with Crippen molar-refractivity contribution in [3.63, 3.8) is 0 Å². The zero-order valence-corrected chi connectivity index (χ0v) is 15.6. The molecule has 0 saturated carbocycles. The van der Waals surface area contributed by atoms with Crippen molar-refractivity contribution >= 4 is 17.8 Å². The number of aliphatic carboxylic acids is 1. The molecule has 0 radical (unpaired) electrons. The highest BCUT2D eigenvalue weighted by Gasteiger charge is 2.32. The third kappa shape index (κ3) is 6.47. The molecule has 0 aromatic carbocycles. The first kappa shape index (κ1) is 22.4. The van der Waals surface area contributed by atoms with Crippen molar-refractivity contribution in [2.75, 3.05) is 0 Å². The number of rotatable bonds is 10. The van der Waals surface area contributed by atoms with E-state index in [1.54, 1.807) is 13.8 Å². The number of nitrogens with two attached hydrogens (primary N) is 1. The number of nitrogens with one attached hydrogen (secondary N) is 2. The van der Waals surface area contributed by atoms with E-state index >= 15 is 0 Å². The summed E-state index contributed by atoms with van der Waals surface area (Å²) in [5, 5.41) is 14.4. The molecular weight excluding hydrogens is 310 g/mol. The van der Waals surface area contributed by atoms with Crippen molar-refractivity contribution in [1.29, 1.82) is 0 Å². The van der Waals surface area contributed by atoms with E-state index in [-0.39, 0.29) is 23.7 Å². The minimum atomic E-state index is -1.09. The molecule has 0 aliphatic carbocycles. The maximum absolute atomic E-state index is 12.5. The predicted molar refractivity (Wildman–Crippen MR) is 93.2 cm³/mol. The molecule has 0 saturated heterocycles. The Morgan fingerprint density at radius 3 is 1.71 bits per heavy atom. The highest BCUT2D eigenvalue weighted by Crippen LogP contribution is 2.12. The maximum atomic E-state index is 12.5. The van der Waals surface area contributed by atoms with Crippen molar-refractivity contribution in [2.45, 2.75) is 72.5 Å². The van der Waals surface area contributed by atoms with Gasteiger partial charge in [-0.25, -0.2) is 4.79 Å². The average molecular weight is 343 g/mol.